The van der Waals surface area contributed by atoms with Gasteiger partial charge in [0.1, 0.15) is 0 Å². The van der Waals surface area contributed by atoms with Gasteiger partial charge in [-0.2, -0.15) is 0 Å². The molecule has 1 heterocycles. The predicted molar refractivity (Wildman–Crippen MR) is 67.9 cm³/mol. The summed E-state index contributed by atoms with van der Waals surface area (Å²) in [7, 11) is 0. The molecule has 0 aromatic rings. The van der Waals surface area contributed by atoms with E-state index in [0.717, 1.165) is 38.5 Å². The van der Waals surface area contributed by atoms with Crippen LogP contribution in [0.25, 0.3) is 0 Å². The summed E-state index contributed by atoms with van der Waals surface area (Å²) in [5, 5.41) is 3.35. The molecule has 3 fully saturated rings. The Kier molecular flexibility index (Phi) is 3.37. The number of carbonyl (C=O) groups is 2. The van der Waals surface area contributed by atoms with Crippen LogP contribution in [0, 0.1) is 0 Å². The summed E-state index contributed by atoms with van der Waals surface area (Å²) in [5.74, 6) is 0.0857. The molecule has 18 heavy (non-hydrogen) atoms. The lowest BCUT2D eigenvalue weighted by atomic mass is 9.92. The molecule has 0 spiro atoms. The lowest BCUT2D eigenvalue weighted by molar-refractivity contribution is -0.142. The molecule has 0 radical (unpaired) electrons. The molecule has 100 valence electrons. The molecular formula is C14H22N2O2. The number of likely N-dealkylation sites (tertiary alicyclic amines) is 1. The molecular weight excluding hydrogens is 228 g/mol. The Labute approximate surface area is 108 Å². The summed E-state index contributed by atoms with van der Waals surface area (Å²) in [6.07, 6.45) is 9.51. The highest BCUT2D eigenvalue weighted by atomic mass is 16.2. The normalized spacial score (nSPS) is 30.9. The third-order valence-electron chi connectivity index (χ3n) is 4.66. The van der Waals surface area contributed by atoms with Gasteiger partial charge in [0.15, 0.2) is 0 Å². The third kappa shape index (κ3) is 2.18. The third-order valence-corrected chi connectivity index (χ3v) is 4.66. The zero-order chi connectivity index (χ0) is 12.5. The Bertz CT molecular complexity index is 346. The number of nitrogens with one attached hydrogen (secondary N) is 1. The molecule has 0 aromatic heterocycles. The molecule has 4 nitrogen and oxygen atoms in total. The Balaban J connectivity index is 1.63. The molecule has 4 heteroatoms. The second-order valence-electron chi connectivity index (χ2n) is 5.95. The van der Waals surface area contributed by atoms with Gasteiger partial charge in [0, 0.05) is 12.1 Å². The van der Waals surface area contributed by atoms with Crippen LogP contribution in [-0.2, 0) is 9.59 Å². The Morgan fingerprint density at radius 1 is 0.944 bits per heavy atom. The van der Waals surface area contributed by atoms with Gasteiger partial charge in [-0.15, -0.1) is 0 Å². The SMILES string of the molecule is O=C1CC(NC2CCC2)C(=O)N1C1CCCCC1. The molecule has 3 aliphatic rings. The van der Waals surface area contributed by atoms with Gasteiger partial charge >= 0.3 is 0 Å². The topological polar surface area (TPSA) is 49.4 Å². The summed E-state index contributed by atoms with van der Waals surface area (Å²) in [5.41, 5.74) is 0. The lowest BCUT2D eigenvalue weighted by Crippen LogP contribution is -2.48. The molecule has 1 aliphatic heterocycles. The van der Waals surface area contributed by atoms with E-state index in [1.165, 1.54) is 12.8 Å². The van der Waals surface area contributed by atoms with Crippen molar-refractivity contribution in [1.82, 2.24) is 10.2 Å². The maximum Gasteiger partial charge on any atom is 0.247 e. The number of hydrogen-bond donors (Lipinski definition) is 1. The van der Waals surface area contributed by atoms with Gasteiger partial charge in [-0.1, -0.05) is 25.7 Å². The summed E-state index contributed by atoms with van der Waals surface area (Å²) >= 11 is 0. The van der Waals surface area contributed by atoms with E-state index in [1.807, 2.05) is 0 Å². The molecule has 1 unspecified atom stereocenters. The van der Waals surface area contributed by atoms with Gasteiger partial charge in [-0.05, 0) is 25.7 Å². The summed E-state index contributed by atoms with van der Waals surface area (Å²) in [6.45, 7) is 0. The highest BCUT2D eigenvalue weighted by Crippen LogP contribution is 2.28. The minimum atomic E-state index is -0.232. The van der Waals surface area contributed by atoms with E-state index in [9.17, 15) is 9.59 Å². The lowest BCUT2D eigenvalue weighted by Gasteiger charge is -2.31. The van der Waals surface area contributed by atoms with E-state index in [0.29, 0.717) is 12.5 Å². The van der Waals surface area contributed by atoms with E-state index < -0.39 is 0 Å². The van der Waals surface area contributed by atoms with E-state index in [-0.39, 0.29) is 23.9 Å². The highest BCUT2D eigenvalue weighted by Gasteiger charge is 2.43. The summed E-state index contributed by atoms with van der Waals surface area (Å²) in [4.78, 5) is 26.0. The Hall–Kier alpha value is -0.900. The van der Waals surface area contributed by atoms with Crippen LogP contribution < -0.4 is 5.32 Å². The first-order valence-electron chi connectivity index (χ1n) is 7.37. The van der Waals surface area contributed by atoms with Crippen LogP contribution in [0.3, 0.4) is 0 Å². The monoisotopic (exact) mass is 250 g/mol. The van der Waals surface area contributed by atoms with Crippen molar-refractivity contribution < 1.29 is 9.59 Å². The Morgan fingerprint density at radius 3 is 2.28 bits per heavy atom. The maximum absolute atomic E-state index is 12.3. The number of nitrogens with zero attached hydrogens (tertiary/aromatic N) is 1. The van der Waals surface area contributed by atoms with E-state index in [1.54, 1.807) is 4.90 Å². The first-order valence-corrected chi connectivity index (χ1v) is 7.37. The van der Waals surface area contributed by atoms with E-state index >= 15 is 0 Å². The second-order valence-corrected chi connectivity index (χ2v) is 5.95. The largest absolute Gasteiger partial charge is 0.303 e. The van der Waals surface area contributed by atoms with Crippen molar-refractivity contribution in [3.63, 3.8) is 0 Å². The average molecular weight is 250 g/mol. The number of rotatable bonds is 3. The van der Waals surface area contributed by atoms with Gasteiger partial charge in [0.05, 0.1) is 12.5 Å². The number of imide groups is 1. The van der Waals surface area contributed by atoms with Gasteiger partial charge in [-0.25, -0.2) is 0 Å². The molecule has 0 aromatic carbocycles. The van der Waals surface area contributed by atoms with Gasteiger partial charge in [0.25, 0.3) is 0 Å². The second kappa shape index (κ2) is 5.00. The zero-order valence-corrected chi connectivity index (χ0v) is 10.9. The molecule has 1 N–H and O–H groups in total. The number of amides is 2. The molecule has 2 saturated carbocycles. The van der Waals surface area contributed by atoms with Crippen molar-refractivity contribution in [3.8, 4) is 0 Å². The molecule has 3 rings (SSSR count). The first kappa shape index (κ1) is 12.2. The first-order chi connectivity index (χ1) is 8.75. The van der Waals surface area contributed by atoms with Crippen molar-refractivity contribution in [2.75, 3.05) is 0 Å². The quantitative estimate of drug-likeness (QED) is 0.774. The van der Waals surface area contributed by atoms with Gasteiger partial charge in [0.2, 0.25) is 11.8 Å². The van der Waals surface area contributed by atoms with E-state index in [4.69, 9.17) is 0 Å². The van der Waals surface area contributed by atoms with Gasteiger partial charge in [-0.3, -0.25) is 14.5 Å². The highest BCUT2D eigenvalue weighted by molar-refractivity contribution is 6.05. The van der Waals surface area contributed by atoms with Crippen molar-refractivity contribution >= 4 is 11.8 Å². The molecule has 2 aliphatic carbocycles. The summed E-state index contributed by atoms with van der Waals surface area (Å²) in [6, 6.07) is 0.426. The average Bonchev–Trinajstić information content (AvgIpc) is 2.60. The van der Waals surface area contributed by atoms with Crippen LogP contribution >= 0.6 is 0 Å². The Morgan fingerprint density at radius 2 is 1.67 bits per heavy atom. The fourth-order valence-corrected chi connectivity index (χ4v) is 3.36. The molecule has 0 bridgehead atoms. The smallest absolute Gasteiger partial charge is 0.247 e. The van der Waals surface area contributed by atoms with E-state index in [2.05, 4.69) is 5.32 Å². The minimum Gasteiger partial charge on any atom is -0.303 e. The van der Waals surface area contributed by atoms with Crippen LogP contribution in [0.2, 0.25) is 0 Å². The fourth-order valence-electron chi connectivity index (χ4n) is 3.36. The minimum absolute atomic E-state index is 0.0406. The van der Waals surface area contributed by atoms with Crippen molar-refractivity contribution in [2.24, 2.45) is 0 Å². The van der Waals surface area contributed by atoms with Crippen molar-refractivity contribution in [2.45, 2.75) is 75.9 Å². The predicted octanol–water partition coefficient (Wildman–Crippen LogP) is 1.59. The van der Waals surface area contributed by atoms with Crippen molar-refractivity contribution in [1.29, 1.82) is 0 Å². The van der Waals surface area contributed by atoms with Gasteiger partial charge < -0.3 is 5.32 Å². The number of carbonyl (C=O) groups excluding carboxylic acids is 2. The molecule has 1 saturated heterocycles. The van der Waals surface area contributed by atoms with Crippen molar-refractivity contribution in [3.05, 3.63) is 0 Å². The zero-order valence-electron chi connectivity index (χ0n) is 10.9. The maximum atomic E-state index is 12.3. The van der Waals surface area contributed by atoms with Crippen LogP contribution in [-0.4, -0.2) is 34.8 Å². The van der Waals surface area contributed by atoms with Crippen LogP contribution in [0.4, 0.5) is 0 Å². The van der Waals surface area contributed by atoms with Crippen LogP contribution in [0.15, 0.2) is 0 Å². The van der Waals surface area contributed by atoms with Crippen LogP contribution in [0.1, 0.15) is 57.8 Å². The fraction of sp³-hybridized carbons (Fsp3) is 0.857. The molecule has 2 amide bonds. The van der Waals surface area contributed by atoms with Crippen LogP contribution in [0.5, 0.6) is 0 Å². The standard InChI is InChI=1S/C14H22N2O2/c17-13-9-12(15-10-5-4-6-10)14(18)16(13)11-7-2-1-3-8-11/h10-12,15H,1-9H2. The summed E-state index contributed by atoms with van der Waals surface area (Å²) < 4.78 is 0. The molecule has 1 atom stereocenters. The number of hydrogen-bond acceptors (Lipinski definition) is 3.